The zero-order valence-corrected chi connectivity index (χ0v) is 15.3. The average molecular weight is 371 g/mol. The van der Waals surface area contributed by atoms with Gasteiger partial charge in [0.2, 0.25) is 5.91 Å². The van der Waals surface area contributed by atoms with Gasteiger partial charge in [0.05, 0.1) is 5.52 Å². The minimum atomic E-state index is 0. The van der Waals surface area contributed by atoms with Gasteiger partial charge in [-0.3, -0.25) is 9.48 Å². The van der Waals surface area contributed by atoms with Crippen molar-refractivity contribution in [3.05, 3.63) is 66.4 Å². The van der Waals surface area contributed by atoms with E-state index in [1.807, 2.05) is 53.6 Å². The summed E-state index contributed by atoms with van der Waals surface area (Å²) in [5.74, 6) is 0.722. The van der Waals surface area contributed by atoms with Crippen molar-refractivity contribution in [2.24, 2.45) is 11.7 Å². The van der Waals surface area contributed by atoms with Crippen molar-refractivity contribution < 1.29 is 4.79 Å². The van der Waals surface area contributed by atoms with Gasteiger partial charge in [-0.15, -0.1) is 12.4 Å². The summed E-state index contributed by atoms with van der Waals surface area (Å²) >= 11 is 0. The van der Waals surface area contributed by atoms with Gasteiger partial charge in [-0.1, -0.05) is 48.5 Å². The molecule has 2 atom stereocenters. The highest BCUT2D eigenvalue weighted by Crippen LogP contribution is 2.32. The fourth-order valence-corrected chi connectivity index (χ4v) is 3.73. The summed E-state index contributed by atoms with van der Waals surface area (Å²) in [6.07, 6.45) is 1.93. The van der Waals surface area contributed by atoms with Crippen LogP contribution in [0.15, 0.2) is 60.8 Å². The molecule has 2 heterocycles. The van der Waals surface area contributed by atoms with Crippen molar-refractivity contribution in [1.29, 1.82) is 0 Å². The fourth-order valence-electron chi connectivity index (χ4n) is 3.73. The number of amides is 1. The highest BCUT2D eigenvalue weighted by molar-refractivity contribution is 5.85. The molecule has 0 saturated carbocycles. The molecule has 26 heavy (non-hydrogen) atoms. The Hall–Kier alpha value is -2.37. The molecule has 1 fully saturated rings. The first-order valence-electron chi connectivity index (χ1n) is 8.69. The molecule has 1 saturated heterocycles. The molecule has 0 unspecified atom stereocenters. The average Bonchev–Trinajstić information content (AvgIpc) is 3.25. The summed E-state index contributed by atoms with van der Waals surface area (Å²) in [6, 6.07) is 18.3. The highest BCUT2D eigenvalue weighted by Gasteiger charge is 2.35. The lowest BCUT2D eigenvalue weighted by atomic mass is 9.89. The van der Waals surface area contributed by atoms with Crippen LogP contribution >= 0.6 is 12.4 Å². The van der Waals surface area contributed by atoms with E-state index in [-0.39, 0.29) is 24.9 Å². The van der Waals surface area contributed by atoms with Gasteiger partial charge in [0.15, 0.2) is 0 Å². The van der Waals surface area contributed by atoms with Gasteiger partial charge in [-0.2, -0.15) is 5.10 Å². The van der Waals surface area contributed by atoms with E-state index in [0.717, 1.165) is 24.0 Å². The molecule has 136 valence electrons. The van der Waals surface area contributed by atoms with Crippen LogP contribution in [-0.2, 0) is 11.3 Å². The number of aromatic nitrogens is 2. The monoisotopic (exact) mass is 370 g/mol. The smallest absolute Gasteiger partial charge is 0.244 e. The molecule has 0 aliphatic carbocycles. The number of hydrogen-bond acceptors (Lipinski definition) is 3. The van der Waals surface area contributed by atoms with E-state index < -0.39 is 0 Å². The van der Waals surface area contributed by atoms with E-state index >= 15 is 0 Å². The third kappa shape index (κ3) is 3.59. The van der Waals surface area contributed by atoms with Gasteiger partial charge in [0.1, 0.15) is 6.54 Å². The van der Waals surface area contributed by atoms with Gasteiger partial charge in [0.25, 0.3) is 0 Å². The number of nitrogens with two attached hydrogens (primary N) is 1. The van der Waals surface area contributed by atoms with Crippen LogP contribution in [0, 0.1) is 5.92 Å². The van der Waals surface area contributed by atoms with E-state index in [4.69, 9.17) is 5.73 Å². The fraction of sp³-hybridized carbons (Fsp3) is 0.300. The van der Waals surface area contributed by atoms with Crippen molar-refractivity contribution in [2.45, 2.75) is 12.5 Å². The van der Waals surface area contributed by atoms with E-state index in [0.29, 0.717) is 18.4 Å². The number of fused-ring (bicyclic) bond motifs is 1. The highest BCUT2D eigenvalue weighted by atomic mass is 35.5. The maximum atomic E-state index is 12.8. The van der Waals surface area contributed by atoms with E-state index in [1.54, 1.807) is 4.68 Å². The number of hydrogen-bond donors (Lipinski definition) is 1. The maximum Gasteiger partial charge on any atom is 0.244 e. The molecule has 1 aliphatic heterocycles. The molecule has 0 bridgehead atoms. The van der Waals surface area contributed by atoms with Crippen LogP contribution in [-0.4, -0.2) is 40.2 Å². The van der Waals surface area contributed by atoms with Crippen LogP contribution < -0.4 is 5.73 Å². The van der Waals surface area contributed by atoms with E-state index in [1.165, 1.54) is 5.56 Å². The molecular formula is C20H23ClN4O. The largest absolute Gasteiger partial charge is 0.340 e. The van der Waals surface area contributed by atoms with Crippen LogP contribution in [0.5, 0.6) is 0 Å². The molecule has 2 N–H and O–H groups in total. The molecular weight excluding hydrogens is 348 g/mol. The Morgan fingerprint density at radius 3 is 2.54 bits per heavy atom. The topological polar surface area (TPSA) is 64.2 Å². The Morgan fingerprint density at radius 1 is 1.08 bits per heavy atom. The number of nitrogens with zero attached hydrogens (tertiary/aromatic N) is 3. The third-order valence-corrected chi connectivity index (χ3v) is 5.08. The summed E-state index contributed by atoms with van der Waals surface area (Å²) in [4.78, 5) is 14.7. The number of benzene rings is 2. The summed E-state index contributed by atoms with van der Waals surface area (Å²) in [7, 11) is 0. The van der Waals surface area contributed by atoms with Gasteiger partial charge in [-0.05, 0) is 24.1 Å². The lowest BCUT2D eigenvalue weighted by Gasteiger charge is -2.16. The lowest BCUT2D eigenvalue weighted by molar-refractivity contribution is -0.131. The summed E-state index contributed by atoms with van der Waals surface area (Å²) < 4.78 is 1.74. The SMILES string of the molecule is Cl.NC[C@@H]1CN(C(=O)Cn2cc3ccccc3n2)C[C@H]1c1ccccc1. The molecule has 0 spiro atoms. The second-order valence-electron chi connectivity index (χ2n) is 6.70. The van der Waals surface area contributed by atoms with Crippen LogP contribution in [0.1, 0.15) is 11.5 Å². The predicted molar refractivity (Wildman–Crippen MR) is 105 cm³/mol. The molecule has 1 aliphatic rings. The van der Waals surface area contributed by atoms with Crippen LogP contribution in [0.25, 0.3) is 10.9 Å². The Morgan fingerprint density at radius 2 is 1.81 bits per heavy atom. The minimum absolute atomic E-state index is 0. The Balaban J connectivity index is 0.00000196. The number of carbonyl (C=O) groups excluding carboxylic acids is 1. The summed E-state index contributed by atoms with van der Waals surface area (Å²) in [5.41, 5.74) is 8.15. The zero-order valence-electron chi connectivity index (χ0n) is 14.5. The molecule has 5 nitrogen and oxygen atoms in total. The maximum absolute atomic E-state index is 12.8. The van der Waals surface area contributed by atoms with Gasteiger partial charge < -0.3 is 10.6 Å². The van der Waals surface area contributed by atoms with Gasteiger partial charge in [-0.25, -0.2) is 0 Å². The van der Waals surface area contributed by atoms with Gasteiger partial charge in [0, 0.05) is 30.6 Å². The second kappa shape index (κ2) is 7.89. The predicted octanol–water partition coefficient (Wildman–Crippen LogP) is 2.66. The number of likely N-dealkylation sites (tertiary alicyclic amines) is 1. The lowest BCUT2D eigenvalue weighted by Crippen LogP contribution is -2.32. The molecule has 6 heteroatoms. The first-order valence-corrected chi connectivity index (χ1v) is 8.69. The zero-order chi connectivity index (χ0) is 17.2. The third-order valence-electron chi connectivity index (χ3n) is 5.08. The van der Waals surface area contributed by atoms with E-state index in [9.17, 15) is 4.79 Å². The Bertz CT molecular complexity index is 847. The summed E-state index contributed by atoms with van der Waals surface area (Å²) in [6.45, 7) is 2.31. The van der Waals surface area contributed by atoms with Crippen molar-refractivity contribution >= 4 is 29.2 Å². The van der Waals surface area contributed by atoms with Crippen molar-refractivity contribution in [3.63, 3.8) is 0 Å². The first kappa shape index (κ1) is 18.4. The number of carbonyl (C=O) groups is 1. The molecule has 3 aromatic rings. The number of halogens is 1. The molecule has 2 aromatic carbocycles. The number of rotatable bonds is 4. The summed E-state index contributed by atoms with van der Waals surface area (Å²) in [5, 5.41) is 5.54. The van der Waals surface area contributed by atoms with Crippen LogP contribution in [0.2, 0.25) is 0 Å². The van der Waals surface area contributed by atoms with E-state index in [2.05, 4.69) is 17.2 Å². The Kier molecular flexibility index (Phi) is 5.59. The Labute approximate surface area is 159 Å². The quantitative estimate of drug-likeness (QED) is 0.767. The molecule has 1 amide bonds. The minimum Gasteiger partial charge on any atom is -0.340 e. The standard InChI is InChI=1S/C20H22N4O.ClH/c21-10-17-11-23(13-18(17)15-6-2-1-3-7-15)20(25)14-24-12-16-8-4-5-9-19(16)22-24;/h1-9,12,17-18H,10-11,13-14,21H2;1H/t17-,18+;/m1./s1. The van der Waals surface area contributed by atoms with Crippen molar-refractivity contribution in [3.8, 4) is 0 Å². The van der Waals surface area contributed by atoms with Crippen molar-refractivity contribution in [1.82, 2.24) is 14.7 Å². The van der Waals surface area contributed by atoms with Gasteiger partial charge >= 0.3 is 0 Å². The molecule has 0 radical (unpaired) electrons. The normalized spacial score (nSPS) is 19.5. The molecule has 4 rings (SSSR count). The first-order chi connectivity index (χ1) is 12.2. The van der Waals surface area contributed by atoms with Crippen molar-refractivity contribution in [2.75, 3.05) is 19.6 Å². The second-order valence-corrected chi connectivity index (χ2v) is 6.70. The van der Waals surface area contributed by atoms with Crippen LogP contribution in [0.3, 0.4) is 0 Å². The molecule has 1 aromatic heterocycles. The van der Waals surface area contributed by atoms with Crippen LogP contribution in [0.4, 0.5) is 0 Å².